The number of nitrogens with one attached hydrogen (secondary N) is 3. The Morgan fingerprint density at radius 2 is 1.92 bits per heavy atom. The maximum atomic E-state index is 13.4. The van der Waals surface area contributed by atoms with Gasteiger partial charge in [-0.15, -0.1) is 0 Å². The summed E-state index contributed by atoms with van der Waals surface area (Å²) in [4.78, 5) is 52.1. The van der Waals surface area contributed by atoms with Gasteiger partial charge in [0, 0.05) is 31.4 Å². The highest BCUT2D eigenvalue weighted by atomic mass is 35.5. The third-order valence-electron chi connectivity index (χ3n) is 7.33. The zero-order valence-corrected chi connectivity index (χ0v) is 20.3. The molecule has 3 aliphatic rings. The van der Waals surface area contributed by atoms with Crippen molar-refractivity contribution in [3.8, 4) is 0 Å². The monoisotopic (exact) mass is 540 g/mol. The summed E-state index contributed by atoms with van der Waals surface area (Å²) in [5, 5.41) is 12.3. The number of benzene rings is 1. The predicted octanol–water partition coefficient (Wildman–Crippen LogP) is 2.12. The molecule has 198 valence electrons. The van der Waals surface area contributed by atoms with E-state index in [0.717, 1.165) is 4.90 Å². The van der Waals surface area contributed by atoms with Gasteiger partial charge in [0.1, 0.15) is 12.6 Å². The molecule has 0 aliphatic carbocycles. The van der Waals surface area contributed by atoms with Crippen LogP contribution in [0.2, 0.25) is 5.02 Å². The van der Waals surface area contributed by atoms with E-state index in [1.165, 1.54) is 6.20 Å². The van der Waals surface area contributed by atoms with Crippen molar-refractivity contribution in [3.63, 3.8) is 0 Å². The Bertz CT molecular complexity index is 1270. The molecule has 1 aromatic heterocycles. The molecular weight excluding hydrogens is 517 g/mol. The molecule has 0 radical (unpaired) electrons. The average molecular weight is 541 g/mol. The van der Waals surface area contributed by atoms with Gasteiger partial charge >= 0.3 is 12.2 Å². The number of piperidine rings is 1. The molecule has 0 bridgehead atoms. The van der Waals surface area contributed by atoms with Gasteiger partial charge in [0.25, 0.3) is 5.91 Å². The molecule has 10 nitrogen and oxygen atoms in total. The van der Waals surface area contributed by atoms with Crippen LogP contribution < -0.4 is 10.6 Å². The van der Waals surface area contributed by atoms with Crippen LogP contribution in [0.5, 0.6) is 0 Å². The minimum atomic E-state index is -4.61. The fourth-order valence-corrected chi connectivity index (χ4v) is 5.80. The van der Waals surface area contributed by atoms with Crippen LogP contribution in [0.4, 0.5) is 18.0 Å². The van der Waals surface area contributed by atoms with Crippen molar-refractivity contribution in [2.45, 2.75) is 44.4 Å². The molecule has 37 heavy (non-hydrogen) atoms. The lowest BCUT2D eigenvalue weighted by molar-refractivity contribution is -0.165. The number of hydrogen-bond acceptors (Lipinski definition) is 5. The van der Waals surface area contributed by atoms with Gasteiger partial charge in [-0.05, 0) is 42.4 Å². The van der Waals surface area contributed by atoms with Gasteiger partial charge in [-0.2, -0.15) is 18.3 Å². The van der Waals surface area contributed by atoms with Crippen molar-refractivity contribution in [1.82, 2.24) is 30.6 Å². The number of aromatic nitrogens is 2. The predicted molar refractivity (Wildman–Crippen MR) is 124 cm³/mol. The first-order valence-corrected chi connectivity index (χ1v) is 12.3. The second-order valence-corrected chi connectivity index (χ2v) is 10.1. The Balaban J connectivity index is 1.33. The first-order chi connectivity index (χ1) is 17.5. The fraction of sp³-hybridized carbons (Fsp3) is 0.522. The second-order valence-electron chi connectivity index (χ2n) is 9.73. The number of carbonyl (C=O) groups is 4. The number of likely N-dealkylation sites (tertiary alicyclic amines) is 1. The molecule has 14 heteroatoms. The van der Waals surface area contributed by atoms with Crippen molar-refractivity contribution < 1.29 is 32.3 Å². The molecule has 0 saturated carbocycles. The summed E-state index contributed by atoms with van der Waals surface area (Å²) in [7, 11) is 0. The zero-order valence-electron chi connectivity index (χ0n) is 19.5. The highest BCUT2D eigenvalue weighted by molar-refractivity contribution is 6.35. The zero-order chi connectivity index (χ0) is 26.5. The van der Waals surface area contributed by atoms with Crippen molar-refractivity contribution >= 4 is 46.3 Å². The quantitative estimate of drug-likeness (QED) is 0.512. The number of amides is 5. The number of alkyl halides is 3. The highest BCUT2D eigenvalue weighted by Crippen LogP contribution is 2.35. The second kappa shape index (κ2) is 9.51. The molecule has 2 aromatic rings. The van der Waals surface area contributed by atoms with E-state index >= 15 is 0 Å². The van der Waals surface area contributed by atoms with Crippen LogP contribution in [0.25, 0.3) is 10.9 Å². The summed E-state index contributed by atoms with van der Waals surface area (Å²) in [5.74, 6) is -2.61. The average Bonchev–Trinajstić information content (AvgIpc) is 3.43. The summed E-state index contributed by atoms with van der Waals surface area (Å²) in [6.07, 6.45) is -2.38. The minimum absolute atomic E-state index is 0.0693. The molecule has 1 aromatic carbocycles. The molecule has 0 spiro atoms. The number of nitrogens with zero attached hydrogens (tertiary/aromatic N) is 3. The lowest BCUT2D eigenvalue weighted by Crippen LogP contribution is -2.47. The van der Waals surface area contributed by atoms with Gasteiger partial charge in [0.15, 0.2) is 0 Å². The Labute approximate surface area is 213 Å². The van der Waals surface area contributed by atoms with E-state index < -0.39 is 42.5 Å². The Kier molecular flexibility index (Phi) is 6.50. The minimum Gasteiger partial charge on any atom is -0.343 e. The summed E-state index contributed by atoms with van der Waals surface area (Å²) >= 11 is 6.35. The van der Waals surface area contributed by atoms with Crippen molar-refractivity contribution in [1.29, 1.82) is 0 Å². The standard InChI is InChI=1S/C23H24ClF3N6O4/c24-16-6-12-5-13(7-17(34)32-3-1-11(2-4-32)18-20(35)30-22(37)29-18)21(36)33(10-23(25,26)27)9-15(12)14-8-28-31-19(14)16/h6,8,11,13,18H,1-5,7,9-10H2,(H,28,31)(H2,29,30,35,37). The Morgan fingerprint density at radius 3 is 2.57 bits per heavy atom. The molecule has 2 fully saturated rings. The van der Waals surface area contributed by atoms with Crippen molar-refractivity contribution in [2.24, 2.45) is 11.8 Å². The van der Waals surface area contributed by atoms with E-state index in [2.05, 4.69) is 20.8 Å². The fourth-order valence-electron chi connectivity index (χ4n) is 5.53. The van der Waals surface area contributed by atoms with Gasteiger partial charge in [-0.3, -0.25) is 24.8 Å². The van der Waals surface area contributed by atoms with Crippen molar-refractivity contribution in [3.05, 3.63) is 28.4 Å². The molecule has 5 amide bonds. The number of rotatable bonds is 4. The Morgan fingerprint density at radius 1 is 1.19 bits per heavy atom. The van der Waals surface area contributed by atoms with Crippen molar-refractivity contribution in [2.75, 3.05) is 19.6 Å². The third kappa shape index (κ3) is 5.09. The van der Waals surface area contributed by atoms with E-state index in [-0.39, 0.29) is 31.2 Å². The van der Waals surface area contributed by atoms with E-state index in [1.54, 1.807) is 11.0 Å². The lowest BCUT2D eigenvalue weighted by atomic mass is 9.88. The van der Waals surface area contributed by atoms with Gasteiger partial charge in [-0.25, -0.2) is 4.79 Å². The maximum Gasteiger partial charge on any atom is 0.406 e. The van der Waals surface area contributed by atoms with E-state index in [9.17, 15) is 32.3 Å². The SMILES string of the molecule is O=C1NC(=O)C(C2CCN(C(=O)CC3Cc4cc(Cl)c5[nH]ncc5c4CN(CC(F)(F)F)C3=O)CC2)N1. The summed E-state index contributed by atoms with van der Waals surface area (Å²) in [6.45, 7) is -1.08. The first-order valence-electron chi connectivity index (χ1n) is 11.9. The van der Waals surface area contributed by atoms with E-state index in [4.69, 9.17) is 11.6 Å². The molecule has 3 N–H and O–H groups in total. The van der Waals surface area contributed by atoms with Crippen LogP contribution in [-0.4, -0.2) is 75.6 Å². The molecular formula is C23H24ClF3N6O4. The smallest absolute Gasteiger partial charge is 0.343 e. The van der Waals surface area contributed by atoms with Crippen LogP contribution in [0.1, 0.15) is 30.4 Å². The Hall–Kier alpha value is -3.35. The number of aromatic amines is 1. The normalized spacial score (nSPS) is 23.2. The first kappa shape index (κ1) is 25.3. The molecule has 2 unspecified atom stereocenters. The third-order valence-corrected chi connectivity index (χ3v) is 7.63. The van der Waals surface area contributed by atoms with Crippen LogP contribution in [0.15, 0.2) is 12.3 Å². The lowest BCUT2D eigenvalue weighted by Gasteiger charge is -2.34. The van der Waals surface area contributed by atoms with Gasteiger partial charge in [0.05, 0.1) is 22.7 Å². The van der Waals surface area contributed by atoms with Crippen LogP contribution in [0.3, 0.4) is 0 Å². The van der Waals surface area contributed by atoms with Gasteiger partial charge in [-0.1, -0.05) is 11.6 Å². The molecule has 3 aliphatic heterocycles. The molecule has 2 saturated heterocycles. The highest BCUT2D eigenvalue weighted by Gasteiger charge is 2.41. The number of hydrogen-bond donors (Lipinski definition) is 3. The van der Waals surface area contributed by atoms with E-state index in [0.29, 0.717) is 53.0 Å². The van der Waals surface area contributed by atoms with Crippen LogP contribution >= 0.6 is 11.6 Å². The summed E-state index contributed by atoms with van der Waals surface area (Å²) in [5.41, 5.74) is 1.61. The van der Waals surface area contributed by atoms with Crippen LogP contribution in [0, 0.1) is 11.8 Å². The van der Waals surface area contributed by atoms with Crippen LogP contribution in [-0.2, 0) is 27.3 Å². The van der Waals surface area contributed by atoms with Gasteiger partial charge in [0.2, 0.25) is 11.8 Å². The number of imide groups is 1. The topological polar surface area (TPSA) is 128 Å². The number of H-pyrrole nitrogens is 1. The largest absolute Gasteiger partial charge is 0.406 e. The molecule has 5 rings (SSSR count). The van der Waals surface area contributed by atoms with E-state index in [1.807, 2.05) is 0 Å². The number of urea groups is 1. The summed E-state index contributed by atoms with van der Waals surface area (Å²) in [6, 6.07) is 0.424. The molecule has 2 atom stereocenters. The molecule has 4 heterocycles. The number of halogens is 4. The maximum absolute atomic E-state index is 13.4. The summed E-state index contributed by atoms with van der Waals surface area (Å²) < 4.78 is 40.1. The number of carbonyl (C=O) groups excluding carboxylic acids is 4. The number of fused-ring (bicyclic) bond motifs is 3. The van der Waals surface area contributed by atoms with Gasteiger partial charge < -0.3 is 15.1 Å².